The first-order valence-corrected chi connectivity index (χ1v) is 7.33. The Labute approximate surface area is 135 Å². The molecule has 3 aromatic rings. The number of hydrogen-bond donors (Lipinski definition) is 0. The number of aromatic nitrogens is 2. The molecule has 1 heterocycles. The van der Waals surface area contributed by atoms with Crippen LogP contribution in [0.15, 0.2) is 53.1 Å². The minimum absolute atomic E-state index is 0.521. The summed E-state index contributed by atoms with van der Waals surface area (Å²) in [6, 6.07) is 15.8. The molecule has 0 fully saturated rings. The SMILES string of the molecule is C#Cc1cccc(N(C)Cc2nc(-c3ccc(C)cc3)no2)c1. The molecule has 4 heteroatoms. The molecule has 23 heavy (non-hydrogen) atoms. The highest BCUT2D eigenvalue weighted by Crippen LogP contribution is 2.19. The average Bonchev–Trinajstić information content (AvgIpc) is 3.04. The monoisotopic (exact) mass is 303 g/mol. The van der Waals surface area contributed by atoms with Gasteiger partial charge < -0.3 is 9.42 Å². The van der Waals surface area contributed by atoms with Gasteiger partial charge in [0.1, 0.15) is 0 Å². The topological polar surface area (TPSA) is 42.2 Å². The smallest absolute Gasteiger partial charge is 0.246 e. The molecule has 2 aromatic carbocycles. The van der Waals surface area contributed by atoms with E-state index >= 15 is 0 Å². The summed E-state index contributed by atoms with van der Waals surface area (Å²) in [5.41, 5.74) is 4.00. The van der Waals surface area contributed by atoms with E-state index in [1.165, 1.54) is 5.56 Å². The molecule has 0 unspecified atom stereocenters. The number of terminal acetylenes is 1. The Kier molecular flexibility index (Phi) is 4.11. The van der Waals surface area contributed by atoms with E-state index in [1.54, 1.807) is 0 Å². The molecule has 0 aliphatic carbocycles. The molecule has 0 saturated heterocycles. The summed E-state index contributed by atoms with van der Waals surface area (Å²) in [5, 5.41) is 4.05. The highest BCUT2D eigenvalue weighted by atomic mass is 16.5. The minimum atomic E-state index is 0.521. The molecule has 0 amide bonds. The molecule has 0 aliphatic rings. The van der Waals surface area contributed by atoms with Crippen LogP contribution in [0.1, 0.15) is 17.0 Å². The fourth-order valence-electron chi connectivity index (χ4n) is 2.27. The van der Waals surface area contributed by atoms with Gasteiger partial charge in [-0.1, -0.05) is 47.0 Å². The predicted octanol–water partition coefficient (Wildman–Crippen LogP) is 3.66. The lowest BCUT2D eigenvalue weighted by atomic mass is 10.1. The van der Waals surface area contributed by atoms with Crippen LogP contribution in [0.3, 0.4) is 0 Å². The Morgan fingerprint density at radius 1 is 1.17 bits per heavy atom. The summed E-state index contributed by atoms with van der Waals surface area (Å²) in [6.07, 6.45) is 5.44. The Balaban J connectivity index is 1.76. The van der Waals surface area contributed by atoms with Crippen molar-refractivity contribution in [1.29, 1.82) is 0 Å². The highest BCUT2D eigenvalue weighted by Gasteiger charge is 2.11. The van der Waals surface area contributed by atoms with Crippen LogP contribution < -0.4 is 4.90 Å². The number of benzene rings is 2. The molecule has 0 radical (unpaired) electrons. The van der Waals surface area contributed by atoms with Gasteiger partial charge in [-0.2, -0.15) is 4.98 Å². The van der Waals surface area contributed by atoms with E-state index < -0.39 is 0 Å². The second-order valence-electron chi connectivity index (χ2n) is 5.43. The lowest BCUT2D eigenvalue weighted by Crippen LogP contribution is -2.16. The zero-order valence-corrected chi connectivity index (χ0v) is 13.2. The number of nitrogens with zero attached hydrogens (tertiary/aromatic N) is 3. The molecule has 0 bridgehead atoms. The Hall–Kier alpha value is -3.06. The van der Waals surface area contributed by atoms with E-state index in [2.05, 4.69) is 16.1 Å². The van der Waals surface area contributed by atoms with E-state index in [-0.39, 0.29) is 0 Å². The van der Waals surface area contributed by atoms with Crippen molar-refractivity contribution in [2.24, 2.45) is 0 Å². The van der Waals surface area contributed by atoms with Gasteiger partial charge in [-0.15, -0.1) is 6.42 Å². The molecule has 0 atom stereocenters. The van der Waals surface area contributed by atoms with Gasteiger partial charge in [-0.3, -0.25) is 0 Å². The van der Waals surface area contributed by atoms with Gasteiger partial charge in [0.15, 0.2) is 0 Å². The zero-order chi connectivity index (χ0) is 16.2. The van der Waals surface area contributed by atoms with Gasteiger partial charge in [0.25, 0.3) is 0 Å². The summed E-state index contributed by atoms with van der Waals surface area (Å²) in [7, 11) is 1.96. The first-order valence-electron chi connectivity index (χ1n) is 7.33. The summed E-state index contributed by atoms with van der Waals surface area (Å²) >= 11 is 0. The molecule has 114 valence electrons. The van der Waals surface area contributed by atoms with Crippen molar-refractivity contribution < 1.29 is 4.52 Å². The van der Waals surface area contributed by atoms with Gasteiger partial charge in [0, 0.05) is 23.9 Å². The molecular formula is C19H17N3O. The highest BCUT2D eigenvalue weighted by molar-refractivity contribution is 5.55. The fraction of sp³-hybridized carbons (Fsp3) is 0.158. The molecule has 0 N–H and O–H groups in total. The first-order chi connectivity index (χ1) is 11.2. The van der Waals surface area contributed by atoms with Crippen LogP contribution in [0, 0.1) is 19.3 Å². The van der Waals surface area contributed by atoms with E-state index in [1.807, 2.05) is 67.4 Å². The summed E-state index contributed by atoms with van der Waals surface area (Å²) in [4.78, 5) is 6.48. The second-order valence-corrected chi connectivity index (χ2v) is 5.43. The molecule has 1 aromatic heterocycles. The lowest BCUT2D eigenvalue weighted by molar-refractivity contribution is 0.378. The van der Waals surface area contributed by atoms with E-state index in [0.717, 1.165) is 16.8 Å². The number of hydrogen-bond acceptors (Lipinski definition) is 4. The van der Waals surface area contributed by atoms with Crippen molar-refractivity contribution >= 4 is 5.69 Å². The van der Waals surface area contributed by atoms with Crippen LogP contribution in [0.5, 0.6) is 0 Å². The van der Waals surface area contributed by atoms with Crippen LogP contribution in [-0.4, -0.2) is 17.2 Å². The van der Waals surface area contributed by atoms with Crippen LogP contribution in [0.2, 0.25) is 0 Å². The molecule has 4 nitrogen and oxygen atoms in total. The van der Waals surface area contributed by atoms with Crippen molar-refractivity contribution in [3.8, 4) is 23.7 Å². The molecule has 3 rings (SSSR count). The third-order valence-corrected chi connectivity index (χ3v) is 3.60. The van der Waals surface area contributed by atoms with Gasteiger partial charge in [0.2, 0.25) is 11.7 Å². The summed E-state index contributed by atoms with van der Waals surface area (Å²) < 4.78 is 5.35. The standard InChI is InChI=1S/C19H17N3O/c1-4-15-6-5-7-17(12-15)22(3)13-18-20-19(21-23-18)16-10-8-14(2)9-11-16/h1,5-12H,13H2,2-3H3. The maximum atomic E-state index is 5.44. The second kappa shape index (κ2) is 6.37. The normalized spacial score (nSPS) is 10.3. The first kappa shape index (κ1) is 14.9. The van der Waals surface area contributed by atoms with Crippen LogP contribution in [-0.2, 0) is 6.54 Å². The number of aryl methyl sites for hydroxylation is 1. The quantitative estimate of drug-likeness (QED) is 0.690. The van der Waals surface area contributed by atoms with Crippen LogP contribution in [0.4, 0.5) is 5.69 Å². The maximum absolute atomic E-state index is 5.44. The maximum Gasteiger partial charge on any atom is 0.246 e. The van der Waals surface area contributed by atoms with Crippen molar-refractivity contribution in [2.75, 3.05) is 11.9 Å². The lowest BCUT2D eigenvalue weighted by Gasteiger charge is -2.16. The van der Waals surface area contributed by atoms with Crippen LogP contribution >= 0.6 is 0 Å². The molecular weight excluding hydrogens is 286 g/mol. The van der Waals surface area contributed by atoms with E-state index in [0.29, 0.717) is 18.3 Å². The van der Waals surface area contributed by atoms with Crippen molar-refractivity contribution in [3.05, 3.63) is 65.5 Å². The number of anilines is 1. The van der Waals surface area contributed by atoms with Crippen LogP contribution in [0.25, 0.3) is 11.4 Å². The Bertz CT molecular complexity index is 844. The summed E-state index contributed by atoms with van der Waals surface area (Å²) in [5.74, 6) is 3.80. The van der Waals surface area contributed by atoms with Gasteiger partial charge in [0.05, 0.1) is 6.54 Å². The average molecular weight is 303 g/mol. The third kappa shape index (κ3) is 3.41. The Morgan fingerprint density at radius 3 is 2.70 bits per heavy atom. The van der Waals surface area contributed by atoms with Crippen molar-refractivity contribution in [1.82, 2.24) is 10.1 Å². The molecule has 0 saturated carbocycles. The largest absolute Gasteiger partial charge is 0.365 e. The predicted molar refractivity (Wildman–Crippen MR) is 91.0 cm³/mol. The van der Waals surface area contributed by atoms with E-state index in [9.17, 15) is 0 Å². The third-order valence-electron chi connectivity index (χ3n) is 3.60. The summed E-state index contributed by atoms with van der Waals surface area (Å²) in [6.45, 7) is 2.57. The minimum Gasteiger partial charge on any atom is -0.365 e. The number of rotatable bonds is 4. The van der Waals surface area contributed by atoms with Crippen molar-refractivity contribution in [3.63, 3.8) is 0 Å². The van der Waals surface area contributed by atoms with Gasteiger partial charge >= 0.3 is 0 Å². The van der Waals surface area contributed by atoms with Gasteiger partial charge in [-0.05, 0) is 25.1 Å². The molecule has 0 aliphatic heterocycles. The molecule has 0 spiro atoms. The van der Waals surface area contributed by atoms with E-state index in [4.69, 9.17) is 10.9 Å². The fourth-order valence-corrected chi connectivity index (χ4v) is 2.27. The van der Waals surface area contributed by atoms with Crippen molar-refractivity contribution in [2.45, 2.75) is 13.5 Å². The Morgan fingerprint density at radius 2 is 1.96 bits per heavy atom. The van der Waals surface area contributed by atoms with Gasteiger partial charge in [-0.25, -0.2) is 0 Å². The zero-order valence-electron chi connectivity index (χ0n) is 13.2.